The summed E-state index contributed by atoms with van der Waals surface area (Å²) in [5.41, 5.74) is 3.21. The van der Waals surface area contributed by atoms with Crippen LogP contribution in [0.1, 0.15) is 23.1 Å². The molecule has 24 heavy (non-hydrogen) atoms. The number of amides is 1. The Morgan fingerprint density at radius 3 is 2.88 bits per heavy atom. The van der Waals surface area contributed by atoms with Gasteiger partial charge >= 0.3 is 0 Å². The topological polar surface area (TPSA) is 62.1 Å². The summed E-state index contributed by atoms with van der Waals surface area (Å²) < 4.78 is 5.91. The maximum absolute atomic E-state index is 11.3. The minimum Gasteiger partial charge on any atom is -0.489 e. The first-order valence-electron chi connectivity index (χ1n) is 7.69. The van der Waals surface area contributed by atoms with Gasteiger partial charge in [-0.25, -0.2) is 0 Å². The van der Waals surface area contributed by atoms with E-state index in [4.69, 9.17) is 21.6 Å². The molecule has 0 saturated heterocycles. The zero-order chi connectivity index (χ0) is 17.4. The van der Waals surface area contributed by atoms with E-state index in [1.807, 2.05) is 43.3 Å². The van der Waals surface area contributed by atoms with E-state index in [-0.39, 0.29) is 12.3 Å². The summed E-state index contributed by atoms with van der Waals surface area (Å²) >= 11 is 6.06. The second kappa shape index (κ2) is 8.95. The summed E-state index contributed by atoms with van der Waals surface area (Å²) in [6, 6.07) is 15.4. The second-order valence-corrected chi connectivity index (χ2v) is 5.90. The number of carbonyl (C=O) groups is 1. The predicted molar refractivity (Wildman–Crippen MR) is 93.9 cm³/mol. The molecule has 124 valence electrons. The quantitative estimate of drug-likeness (QED) is 0.832. The zero-order valence-electron chi connectivity index (χ0n) is 13.5. The number of nitrogens with zero attached hydrogens (tertiary/aromatic N) is 1. The standard InChI is InChI=1S/C19H19ClN2O2/c1-14-3-2-4-15(11-14)13-24-18-6-5-17(20)12-16(18)8-10-22-19(23)7-9-21/h2-6,11-12H,7-8,10,13H2,1H3,(H,22,23). The van der Waals surface area contributed by atoms with Crippen LogP contribution < -0.4 is 10.1 Å². The number of hydrogen-bond acceptors (Lipinski definition) is 3. The first kappa shape index (κ1) is 17.8. The number of halogens is 1. The fourth-order valence-electron chi connectivity index (χ4n) is 2.32. The molecule has 0 radical (unpaired) electrons. The van der Waals surface area contributed by atoms with Crippen LogP contribution in [-0.4, -0.2) is 12.5 Å². The van der Waals surface area contributed by atoms with E-state index in [1.54, 1.807) is 6.07 Å². The van der Waals surface area contributed by atoms with Crippen LogP contribution in [0.2, 0.25) is 5.02 Å². The van der Waals surface area contributed by atoms with E-state index in [0.717, 1.165) is 16.9 Å². The Bertz CT molecular complexity index is 753. The highest BCUT2D eigenvalue weighted by molar-refractivity contribution is 6.30. The van der Waals surface area contributed by atoms with Crippen LogP contribution in [0, 0.1) is 18.3 Å². The van der Waals surface area contributed by atoms with Gasteiger partial charge in [-0.2, -0.15) is 5.26 Å². The molecule has 4 nitrogen and oxygen atoms in total. The monoisotopic (exact) mass is 342 g/mol. The Kier molecular flexibility index (Phi) is 6.65. The molecule has 0 heterocycles. The van der Waals surface area contributed by atoms with Crippen LogP contribution in [0.25, 0.3) is 0 Å². The normalized spacial score (nSPS) is 10.0. The summed E-state index contributed by atoms with van der Waals surface area (Å²) in [4.78, 5) is 11.3. The highest BCUT2D eigenvalue weighted by atomic mass is 35.5. The van der Waals surface area contributed by atoms with Gasteiger partial charge in [-0.3, -0.25) is 4.79 Å². The molecule has 1 N–H and O–H groups in total. The Morgan fingerprint density at radius 1 is 1.29 bits per heavy atom. The van der Waals surface area contributed by atoms with Crippen molar-refractivity contribution in [2.45, 2.75) is 26.4 Å². The van der Waals surface area contributed by atoms with E-state index in [9.17, 15) is 4.79 Å². The molecule has 0 atom stereocenters. The highest BCUT2D eigenvalue weighted by Crippen LogP contribution is 2.24. The van der Waals surface area contributed by atoms with Crippen LogP contribution in [0.5, 0.6) is 5.75 Å². The Labute approximate surface area is 147 Å². The number of nitriles is 1. The van der Waals surface area contributed by atoms with Gasteiger partial charge in [-0.1, -0.05) is 41.4 Å². The summed E-state index contributed by atoms with van der Waals surface area (Å²) in [5, 5.41) is 11.8. The lowest BCUT2D eigenvalue weighted by atomic mass is 10.1. The molecule has 1 amide bonds. The molecule has 0 bridgehead atoms. The van der Waals surface area contributed by atoms with Gasteiger partial charge in [0.25, 0.3) is 0 Å². The number of aryl methyl sites for hydroxylation is 1. The van der Waals surface area contributed by atoms with Crippen molar-refractivity contribution in [3.05, 3.63) is 64.2 Å². The van der Waals surface area contributed by atoms with Gasteiger partial charge in [-0.15, -0.1) is 0 Å². The van der Waals surface area contributed by atoms with Crippen LogP contribution in [0.4, 0.5) is 0 Å². The first-order valence-corrected chi connectivity index (χ1v) is 8.06. The molecule has 0 spiro atoms. The van der Waals surface area contributed by atoms with Crippen molar-refractivity contribution in [1.29, 1.82) is 5.26 Å². The average Bonchev–Trinajstić information content (AvgIpc) is 2.54. The molecule has 5 heteroatoms. The SMILES string of the molecule is Cc1cccc(COc2ccc(Cl)cc2CCNC(=O)CC#N)c1. The third-order valence-corrected chi connectivity index (χ3v) is 3.69. The molecule has 2 aromatic carbocycles. The number of hydrogen-bond donors (Lipinski definition) is 1. The van der Waals surface area contributed by atoms with E-state index in [2.05, 4.69) is 11.4 Å². The molecule has 2 rings (SSSR count). The van der Waals surface area contributed by atoms with Gasteiger partial charge in [0.1, 0.15) is 18.8 Å². The molecule has 0 unspecified atom stereocenters. The van der Waals surface area contributed by atoms with Gasteiger partial charge in [0.05, 0.1) is 6.07 Å². The van der Waals surface area contributed by atoms with E-state index >= 15 is 0 Å². The smallest absolute Gasteiger partial charge is 0.234 e. The molecule has 0 aliphatic carbocycles. The van der Waals surface area contributed by atoms with Crippen LogP contribution in [-0.2, 0) is 17.8 Å². The molecule has 0 saturated carbocycles. The summed E-state index contributed by atoms with van der Waals surface area (Å²) in [6.07, 6.45) is 0.452. The lowest BCUT2D eigenvalue weighted by molar-refractivity contribution is -0.120. The third-order valence-electron chi connectivity index (χ3n) is 3.46. The van der Waals surface area contributed by atoms with Gasteiger partial charge < -0.3 is 10.1 Å². The lowest BCUT2D eigenvalue weighted by Gasteiger charge is -2.13. The van der Waals surface area contributed by atoms with Crippen molar-refractivity contribution in [3.63, 3.8) is 0 Å². The minimum absolute atomic E-state index is 0.133. The Morgan fingerprint density at radius 2 is 2.12 bits per heavy atom. The molecule has 0 aromatic heterocycles. The Hall–Kier alpha value is -2.51. The molecule has 0 fully saturated rings. The first-order chi connectivity index (χ1) is 11.6. The number of rotatable bonds is 7. The Balaban J connectivity index is 1.99. The number of nitrogens with one attached hydrogen (secondary N) is 1. The van der Waals surface area contributed by atoms with Crippen molar-refractivity contribution in [2.75, 3.05) is 6.54 Å². The van der Waals surface area contributed by atoms with Crippen molar-refractivity contribution < 1.29 is 9.53 Å². The van der Waals surface area contributed by atoms with Gasteiger partial charge in [0, 0.05) is 11.6 Å². The predicted octanol–water partition coefficient (Wildman–Crippen LogP) is 3.80. The van der Waals surface area contributed by atoms with E-state index in [0.29, 0.717) is 24.6 Å². The van der Waals surface area contributed by atoms with Gasteiger partial charge in [-0.05, 0) is 42.7 Å². The fourth-order valence-corrected chi connectivity index (χ4v) is 2.51. The van der Waals surface area contributed by atoms with Crippen molar-refractivity contribution in [3.8, 4) is 11.8 Å². The van der Waals surface area contributed by atoms with Crippen molar-refractivity contribution >= 4 is 17.5 Å². The molecular formula is C19H19ClN2O2. The van der Waals surface area contributed by atoms with Gasteiger partial charge in [0.15, 0.2) is 0 Å². The van der Waals surface area contributed by atoms with Crippen LogP contribution >= 0.6 is 11.6 Å². The van der Waals surface area contributed by atoms with E-state index < -0.39 is 0 Å². The van der Waals surface area contributed by atoms with Crippen molar-refractivity contribution in [1.82, 2.24) is 5.32 Å². The summed E-state index contributed by atoms with van der Waals surface area (Å²) in [5.74, 6) is 0.470. The summed E-state index contributed by atoms with van der Waals surface area (Å²) in [7, 11) is 0. The largest absolute Gasteiger partial charge is 0.489 e. The lowest BCUT2D eigenvalue weighted by Crippen LogP contribution is -2.25. The van der Waals surface area contributed by atoms with Gasteiger partial charge in [0.2, 0.25) is 5.91 Å². The molecule has 0 aliphatic rings. The maximum atomic E-state index is 11.3. The summed E-state index contributed by atoms with van der Waals surface area (Å²) in [6.45, 7) is 2.94. The third kappa shape index (κ3) is 5.60. The number of ether oxygens (including phenoxy) is 1. The number of carbonyl (C=O) groups excluding carboxylic acids is 1. The zero-order valence-corrected chi connectivity index (χ0v) is 14.3. The van der Waals surface area contributed by atoms with Crippen LogP contribution in [0.3, 0.4) is 0 Å². The second-order valence-electron chi connectivity index (χ2n) is 5.46. The molecular weight excluding hydrogens is 324 g/mol. The van der Waals surface area contributed by atoms with Crippen LogP contribution in [0.15, 0.2) is 42.5 Å². The number of benzene rings is 2. The highest BCUT2D eigenvalue weighted by Gasteiger charge is 2.07. The van der Waals surface area contributed by atoms with Crippen molar-refractivity contribution in [2.24, 2.45) is 0 Å². The van der Waals surface area contributed by atoms with E-state index in [1.165, 1.54) is 5.56 Å². The average molecular weight is 343 g/mol. The molecule has 2 aromatic rings. The minimum atomic E-state index is -0.276. The molecule has 0 aliphatic heterocycles. The fraction of sp³-hybridized carbons (Fsp3) is 0.263. The maximum Gasteiger partial charge on any atom is 0.234 e.